The Bertz CT molecular complexity index is 681. The molecule has 0 atom stereocenters. The highest BCUT2D eigenvalue weighted by Gasteiger charge is 2.03. The summed E-state index contributed by atoms with van der Waals surface area (Å²) < 4.78 is 0. The second-order valence-corrected chi connectivity index (χ2v) is 5.93. The van der Waals surface area contributed by atoms with Crippen LogP contribution in [-0.2, 0) is 0 Å². The number of ketones is 1. The lowest BCUT2D eigenvalue weighted by atomic mass is 10.1. The summed E-state index contributed by atoms with van der Waals surface area (Å²) in [6.07, 6.45) is 0. The molecule has 0 aliphatic heterocycles. The molecule has 0 radical (unpaired) electrons. The quantitative estimate of drug-likeness (QED) is 0.537. The third-order valence-electron chi connectivity index (χ3n) is 2.56. The molecule has 0 amide bonds. The van der Waals surface area contributed by atoms with E-state index in [1.165, 1.54) is 11.3 Å². The van der Waals surface area contributed by atoms with Gasteiger partial charge < -0.3 is 0 Å². The van der Waals surface area contributed by atoms with Crippen molar-refractivity contribution in [3.8, 4) is 11.8 Å². The molecule has 0 fully saturated rings. The van der Waals surface area contributed by atoms with Gasteiger partial charge in [-0.3, -0.25) is 4.79 Å². The van der Waals surface area contributed by atoms with Gasteiger partial charge in [-0.2, -0.15) is 0 Å². The van der Waals surface area contributed by atoms with Crippen LogP contribution >= 0.6 is 34.5 Å². The first-order valence-corrected chi connectivity index (χ1v) is 7.13. The maximum Gasteiger partial charge on any atom is 0.169 e. The normalized spacial score (nSPS) is 9.89. The van der Waals surface area contributed by atoms with Crippen LogP contribution < -0.4 is 0 Å². The van der Waals surface area contributed by atoms with Gasteiger partial charge in [0.1, 0.15) is 0 Å². The van der Waals surface area contributed by atoms with E-state index in [-0.39, 0.29) is 5.78 Å². The number of rotatable bonds is 1. The number of halogens is 2. The number of Topliss-reactive ketones (excluding diaryl/α,β-unsaturated/α-hetero) is 1. The molecule has 0 N–H and O–H groups in total. The molecular weight excluding hydrogens is 299 g/mol. The zero-order chi connectivity index (χ0) is 14.0. The Kier molecular flexibility index (Phi) is 4.31. The molecule has 0 bridgehead atoms. The van der Waals surface area contributed by atoms with E-state index >= 15 is 0 Å². The van der Waals surface area contributed by atoms with Gasteiger partial charge in [-0.25, -0.2) is 0 Å². The Labute approximate surface area is 126 Å². The van der Waals surface area contributed by atoms with E-state index in [2.05, 4.69) is 11.8 Å². The van der Waals surface area contributed by atoms with E-state index in [1.807, 2.05) is 13.0 Å². The van der Waals surface area contributed by atoms with Gasteiger partial charge in [-0.1, -0.05) is 35.0 Å². The molecule has 0 spiro atoms. The molecule has 1 aromatic heterocycles. The molecule has 0 aliphatic rings. The number of hydrogen-bond donors (Lipinski definition) is 0. The van der Waals surface area contributed by atoms with Crippen LogP contribution in [0.2, 0.25) is 10.0 Å². The molecule has 1 nitrogen and oxygen atoms in total. The van der Waals surface area contributed by atoms with Gasteiger partial charge in [0.25, 0.3) is 0 Å². The molecule has 2 rings (SSSR count). The van der Waals surface area contributed by atoms with E-state index in [1.54, 1.807) is 25.1 Å². The summed E-state index contributed by atoms with van der Waals surface area (Å²) in [6, 6.07) is 7.20. The highest BCUT2D eigenvalue weighted by molar-refractivity contribution is 7.14. The predicted octanol–water partition coefficient (Wildman–Crippen LogP) is 4.97. The third kappa shape index (κ3) is 3.39. The van der Waals surface area contributed by atoms with E-state index in [4.69, 9.17) is 23.2 Å². The second kappa shape index (κ2) is 5.79. The number of carbonyl (C=O) groups excluding carboxylic acids is 1. The number of benzene rings is 1. The highest BCUT2D eigenvalue weighted by Crippen LogP contribution is 2.25. The first-order valence-electron chi connectivity index (χ1n) is 5.56. The van der Waals surface area contributed by atoms with Crippen LogP contribution in [0.3, 0.4) is 0 Å². The van der Waals surface area contributed by atoms with Crippen molar-refractivity contribution in [2.24, 2.45) is 0 Å². The fraction of sp³-hybridized carbons (Fsp3) is 0.133. The highest BCUT2D eigenvalue weighted by atomic mass is 35.5. The Hall–Kier alpha value is -1.27. The number of carbonyl (C=O) groups is 1. The van der Waals surface area contributed by atoms with E-state index in [9.17, 15) is 4.79 Å². The first kappa shape index (κ1) is 14.1. The molecule has 1 aromatic carbocycles. The fourth-order valence-corrected chi connectivity index (χ4v) is 2.69. The molecular formula is C15H10Cl2OS. The lowest BCUT2D eigenvalue weighted by Gasteiger charge is -2.01. The molecule has 0 aliphatic carbocycles. The van der Waals surface area contributed by atoms with Crippen molar-refractivity contribution in [1.82, 2.24) is 0 Å². The van der Waals surface area contributed by atoms with Gasteiger partial charge in [-0.05, 0) is 43.7 Å². The standard InChI is InChI=1S/C15H10Cl2OS/c1-9-13(16)7-11(8-14(9)17)3-4-12-5-6-15(19-12)10(2)18/h5-8H,1-2H3. The van der Waals surface area contributed by atoms with Crippen LogP contribution in [0.25, 0.3) is 0 Å². The minimum atomic E-state index is 0.0551. The molecule has 1 heterocycles. The summed E-state index contributed by atoms with van der Waals surface area (Å²) in [5, 5.41) is 1.21. The Morgan fingerprint density at radius 3 is 2.32 bits per heavy atom. The monoisotopic (exact) mass is 308 g/mol. The Balaban J connectivity index is 2.31. The van der Waals surface area contributed by atoms with Gasteiger partial charge >= 0.3 is 0 Å². The van der Waals surface area contributed by atoms with Crippen molar-refractivity contribution in [2.75, 3.05) is 0 Å². The van der Waals surface area contributed by atoms with Crippen LogP contribution in [0, 0.1) is 18.8 Å². The van der Waals surface area contributed by atoms with Crippen LogP contribution in [0.5, 0.6) is 0 Å². The van der Waals surface area contributed by atoms with Crippen LogP contribution in [0.1, 0.15) is 32.6 Å². The third-order valence-corrected chi connectivity index (χ3v) is 4.45. The topological polar surface area (TPSA) is 17.1 Å². The zero-order valence-electron chi connectivity index (χ0n) is 10.4. The molecule has 0 saturated heterocycles. The molecule has 0 saturated carbocycles. The van der Waals surface area contributed by atoms with Crippen LogP contribution in [0.15, 0.2) is 24.3 Å². The van der Waals surface area contributed by atoms with E-state index in [0.717, 1.165) is 16.0 Å². The summed E-state index contributed by atoms with van der Waals surface area (Å²) in [4.78, 5) is 12.7. The smallest absolute Gasteiger partial charge is 0.169 e. The lowest BCUT2D eigenvalue weighted by molar-refractivity contribution is 0.102. The van der Waals surface area contributed by atoms with Crippen molar-refractivity contribution in [3.05, 3.63) is 55.2 Å². The van der Waals surface area contributed by atoms with Gasteiger partial charge in [0, 0.05) is 15.6 Å². The summed E-state index contributed by atoms with van der Waals surface area (Å²) in [7, 11) is 0. The van der Waals surface area contributed by atoms with Crippen molar-refractivity contribution >= 4 is 40.3 Å². The first-order chi connectivity index (χ1) is 8.97. The summed E-state index contributed by atoms with van der Waals surface area (Å²) in [5.41, 5.74) is 1.61. The largest absolute Gasteiger partial charge is 0.294 e. The van der Waals surface area contributed by atoms with Crippen molar-refractivity contribution in [3.63, 3.8) is 0 Å². The van der Waals surface area contributed by atoms with Crippen LogP contribution in [0.4, 0.5) is 0 Å². The van der Waals surface area contributed by atoms with Gasteiger partial charge in [-0.15, -0.1) is 11.3 Å². The second-order valence-electron chi connectivity index (χ2n) is 4.03. The number of hydrogen-bond acceptors (Lipinski definition) is 2. The summed E-state index contributed by atoms with van der Waals surface area (Å²) in [5.74, 6) is 6.07. The van der Waals surface area contributed by atoms with Crippen molar-refractivity contribution < 1.29 is 4.79 Å². The SMILES string of the molecule is CC(=O)c1ccc(C#Cc2cc(Cl)c(C)c(Cl)c2)s1. The fourth-order valence-electron chi connectivity index (χ4n) is 1.45. The summed E-state index contributed by atoms with van der Waals surface area (Å²) in [6.45, 7) is 3.41. The molecule has 4 heteroatoms. The average molecular weight is 309 g/mol. The minimum absolute atomic E-state index is 0.0551. The van der Waals surface area contributed by atoms with E-state index < -0.39 is 0 Å². The summed E-state index contributed by atoms with van der Waals surface area (Å²) >= 11 is 13.5. The van der Waals surface area contributed by atoms with E-state index in [0.29, 0.717) is 14.9 Å². The van der Waals surface area contributed by atoms with Crippen molar-refractivity contribution in [2.45, 2.75) is 13.8 Å². The molecule has 0 unspecified atom stereocenters. The maximum atomic E-state index is 11.2. The van der Waals surface area contributed by atoms with Crippen LogP contribution in [-0.4, -0.2) is 5.78 Å². The molecule has 96 valence electrons. The van der Waals surface area contributed by atoms with Crippen molar-refractivity contribution in [1.29, 1.82) is 0 Å². The lowest BCUT2D eigenvalue weighted by Crippen LogP contribution is -1.83. The molecule has 19 heavy (non-hydrogen) atoms. The zero-order valence-corrected chi connectivity index (χ0v) is 12.7. The van der Waals surface area contributed by atoms with Gasteiger partial charge in [0.2, 0.25) is 0 Å². The Morgan fingerprint density at radius 1 is 1.16 bits per heavy atom. The molecule has 2 aromatic rings. The number of thiophene rings is 1. The minimum Gasteiger partial charge on any atom is -0.294 e. The van der Waals surface area contributed by atoms with Gasteiger partial charge in [0.15, 0.2) is 5.78 Å². The Morgan fingerprint density at radius 2 is 1.79 bits per heavy atom. The van der Waals surface area contributed by atoms with Gasteiger partial charge in [0.05, 0.1) is 9.75 Å². The predicted molar refractivity (Wildman–Crippen MR) is 81.5 cm³/mol. The average Bonchev–Trinajstić information content (AvgIpc) is 2.82. The maximum absolute atomic E-state index is 11.2.